The van der Waals surface area contributed by atoms with Crippen molar-refractivity contribution in [3.05, 3.63) is 51.6 Å². The third-order valence-corrected chi connectivity index (χ3v) is 7.16. The van der Waals surface area contributed by atoms with Crippen molar-refractivity contribution < 1.29 is 18.8 Å². The second kappa shape index (κ2) is 8.70. The zero-order valence-electron chi connectivity index (χ0n) is 18.3. The Bertz CT molecular complexity index is 1100. The van der Waals surface area contributed by atoms with Gasteiger partial charge in [-0.1, -0.05) is 18.5 Å². The highest BCUT2D eigenvalue weighted by Gasteiger charge is 2.40. The largest absolute Gasteiger partial charge is 0.344 e. The number of nitrogens with one attached hydrogen (secondary N) is 2. The molecule has 170 valence electrons. The smallest absolute Gasteiger partial charge is 0.294 e. The van der Waals surface area contributed by atoms with Crippen molar-refractivity contribution in [2.24, 2.45) is 0 Å². The highest BCUT2D eigenvalue weighted by atomic mass is 35.5. The molecule has 0 unspecified atom stereocenters. The molecule has 8 heteroatoms. The summed E-state index contributed by atoms with van der Waals surface area (Å²) in [4.78, 5) is 39.1. The summed E-state index contributed by atoms with van der Waals surface area (Å²) in [6.07, 6.45) is 5.76. The third kappa shape index (κ3) is 3.94. The molecule has 2 aliphatic rings. The average Bonchev–Trinajstić information content (AvgIpc) is 3.04. The molecule has 1 aromatic carbocycles. The molecule has 2 aromatic rings. The van der Waals surface area contributed by atoms with Crippen LogP contribution in [0.2, 0.25) is 5.02 Å². The molecule has 0 spiro atoms. The second-order valence-corrected chi connectivity index (χ2v) is 9.16. The number of halogens is 2. The van der Waals surface area contributed by atoms with Crippen LogP contribution in [0.1, 0.15) is 77.6 Å². The van der Waals surface area contributed by atoms with Gasteiger partial charge >= 0.3 is 0 Å². The van der Waals surface area contributed by atoms with E-state index in [2.05, 4.69) is 10.6 Å². The maximum Gasteiger partial charge on any atom is 0.294 e. The molecule has 0 atom stereocenters. The topological polar surface area (TPSA) is 80.2 Å². The Morgan fingerprint density at radius 2 is 1.94 bits per heavy atom. The molecule has 1 aliphatic carbocycles. The number of carbonyl (C=O) groups excluding carboxylic acids is 3. The van der Waals surface area contributed by atoms with E-state index in [0.29, 0.717) is 29.9 Å². The van der Waals surface area contributed by atoms with Gasteiger partial charge in [0.05, 0.1) is 10.6 Å². The maximum atomic E-state index is 13.6. The standard InChI is InChI=1S/C24H27ClFN3O3/c1-3-24(10-6-11-24)28-23(32)21(30)20-19(25)18(17-7-4-5-12-29(17)20)22(31)27-15-8-9-16(26)14(2)13-15/h8-9,13H,3-7,10-12H2,1-2H3,(H,27,31)(H,28,32). The zero-order chi connectivity index (χ0) is 23.0. The maximum absolute atomic E-state index is 13.6. The van der Waals surface area contributed by atoms with Crippen molar-refractivity contribution in [2.75, 3.05) is 5.32 Å². The van der Waals surface area contributed by atoms with Crippen molar-refractivity contribution in [3.8, 4) is 0 Å². The first kappa shape index (κ1) is 22.5. The molecule has 1 saturated carbocycles. The third-order valence-electron chi connectivity index (χ3n) is 6.79. The predicted molar refractivity (Wildman–Crippen MR) is 121 cm³/mol. The van der Waals surface area contributed by atoms with E-state index in [-0.39, 0.29) is 27.6 Å². The Balaban J connectivity index is 1.66. The summed E-state index contributed by atoms with van der Waals surface area (Å²) in [6.45, 7) is 4.12. The number of hydrogen-bond donors (Lipinski definition) is 2. The first-order valence-electron chi connectivity index (χ1n) is 11.1. The normalized spacial score (nSPS) is 16.6. The molecule has 1 aliphatic heterocycles. The monoisotopic (exact) mass is 459 g/mol. The second-order valence-electron chi connectivity index (χ2n) is 8.78. The fraction of sp³-hybridized carbons (Fsp3) is 0.458. The number of hydrogen-bond acceptors (Lipinski definition) is 3. The summed E-state index contributed by atoms with van der Waals surface area (Å²) in [5, 5.41) is 5.65. The summed E-state index contributed by atoms with van der Waals surface area (Å²) < 4.78 is 15.3. The van der Waals surface area contributed by atoms with Crippen LogP contribution in [0.15, 0.2) is 18.2 Å². The van der Waals surface area contributed by atoms with Gasteiger partial charge in [-0.2, -0.15) is 0 Å². The lowest BCUT2D eigenvalue weighted by atomic mass is 9.75. The minimum absolute atomic E-state index is 0.00228. The average molecular weight is 460 g/mol. The first-order valence-corrected chi connectivity index (χ1v) is 11.5. The van der Waals surface area contributed by atoms with E-state index in [1.54, 1.807) is 11.5 Å². The molecule has 0 bridgehead atoms. The number of amides is 2. The molecule has 0 radical (unpaired) electrons. The minimum atomic E-state index is -0.713. The number of nitrogens with zero attached hydrogens (tertiary/aromatic N) is 1. The number of anilines is 1. The number of benzene rings is 1. The molecule has 32 heavy (non-hydrogen) atoms. The van der Waals surface area contributed by atoms with Gasteiger partial charge < -0.3 is 15.2 Å². The first-order chi connectivity index (χ1) is 15.3. The zero-order valence-corrected chi connectivity index (χ0v) is 19.1. The van der Waals surface area contributed by atoms with Gasteiger partial charge in [-0.25, -0.2) is 4.39 Å². The van der Waals surface area contributed by atoms with Gasteiger partial charge in [0.2, 0.25) is 0 Å². The molecule has 1 fully saturated rings. The Kier molecular flexibility index (Phi) is 6.12. The van der Waals surface area contributed by atoms with Gasteiger partial charge in [-0.15, -0.1) is 0 Å². The van der Waals surface area contributed by atoms with Crippen LogP contribution in [-0.2, 0) is 17.8 Å². The lowest BCUT2D eigenvalue weighted by Crippen LogP contribution is -2.55. The predicted octanol–water partition coefficient (Wildman–Crippen LogP) is 4.81. The van der Waals surface area contributed by atoms with E-state index in [1.807, 2.05) is 6.92 Å². The van der Waals surface area contributed by atoms with Gasteiger partial charge in [0, 0.05) is 23.5 Å². The molecule has 1 aromatic heterocycles. The summed E-state index contributed by atoms with van der Waals surface area (Å²) in [7, 11) is 0. The molecule has 2 N–H and O–H groups in total. The molecule has 2 amide bonds. The van der Waals surface area contributed by atoms with E-state index >= 15 is 0 Å². The Hall–Kier alpha value is -2.67. The van der Waals surface area contributed by atoms with Gasteiger partial charge in [-0.05, 0) is 75.6 Å². The lowest BCUT2D eigenvalue weighted by molar-refractivity contribution is -0.120. The molecule has 0 saturated heterocycles. The van der Waals surface area contributed by atoms with Crippen LogP contribution < -0.4 is 10.6 Å². The minimum Gasteiger partial charge on any atom is -0.344 e. The van der Waals surface area contributed by atoms with Gasteiger partial charge in [0.25, 0.3) is 17.6 Å². The van der Waals surface area contributed by atoms with Gasteiger partial charge in [-0.3, -0.25) is 14.4 Å². The molecule has 4 rings (SSSR count). The molecular formula is C24H27ClFN3O3. The Labute approximate surface area is 191 Å². The Morgan fingerprint density at radius 1 is 1.19 bits per heavy atom. The number of Topliss-reactive ketones (excluding diaryl/α,β-unsaturated/α-hetero) is 1. The van der Waals surface area contributed by atoms with Gasteiger partial charge in [0.15, 0.2) is 0 Å². The number of fused-ring (bicyclic) bond motifs is 1. The van der Waals surface area contributed by atoms with Crippen LogP contribution in [0.4, 0.5) is 10.1 Å². The highest BCUT2D eigenvalue weighted by Crippen LogP contribution is 2.36. The van der Waals surface area contributed by atoms with Crippen LogP contribution in [-0.4, -0.2) is 27.7 Å². The molecule has 2 heterocycles. The van der Waals surface area contributed by atoms with Gasteiger partial charge in [0.1, 0.15) is 11.5 Å². The van der Waals surface area contributed by atoms with E-state index in [1.165, 1.54) is 18.2 Å². The lowest BCUT2D eigenvalue weighted by Gasteiger charge is -2.41. The summed E-state index contributed by atoms with van der Waals surface area (Å²) in [6, 6.07) is 4.29. The quantitative estimate of drug-likeness (QED) is 0.480. The molecular weight excluding hydrogens is 433 g/mol. The van der Waals surface area contributed by atoms with Crippen LogP contribution in [0.3, 0.4) is 0 Å². The number of aryl methyl sites for hydroxylation is 1. The number of aromatic nitrogens is 1. The summed E-state index contributed by atoms with van der Waals surface area (Å²) >= 11 is 6.59. The van der Waals surface area contributed by atoms with E-state index < -0.39 is 17.6 Å². The SMILES string of the molecule is CCC1(NC(=O)C(=O)c2c(Cl)c(C(=O)Nc3ccc(F)c(C)c3)c3n2CCCC3)CCC1. The van der Waals surface area contributed by atoms with E-state index in [9.17, 15) is 18.8 Å². The highest BCUT2D eigenvalue weighted by molar-refractivity contribution is 6.48. The van der Waals surface area contributed by atoms with Crippen molar-refractivity contribution in [1.29, 1.82) is 0 Å². The summed E-state index contributed by atoms with van der Waals surface area (Å²) in [5.74, 6) is -2.23. The number of carbonyl (C=O) groups is 3. The Morgan fingerprint density at radius 3 is 2.56 bits per heavy atom. The van der Waals surface area contributed by atoms with Crippen LogP contribution in [0, 0.1) is 12.7 Å². The van der Waals surface area contributed by atoms with Crippen molar-refractivity contribution >= 4 is 34.9 Å². The summed E-state index contributed by atoms with van der Waals surface area (Å²) in [5.41, 5.74) is 1.45. The van der Waals surface area contributed by atoms with Crippen molar-refractivity contribution in [1.82, 2.24) is 9.88 Å². The van der Waals surface area contributed by atoms with Crippen LogP contribution in [0.25, 0.3) is 0 Å². The van der Waals surface area contributed by atoms with E-state index in [4.69, 9.17) is 11.6 Å². The van der Waals surface area contributed by atoms with Crippen LogP contribution in [0.5, 0.6) is 0 Å². The molecule has 6 nitrogen and oxygen atoms in total. The van der Waals surface area contributed by atoms with E-state index in [0.717, 1.165) is 38.5 Å². The van der Waals surface area contributed by atoms with Crippen molar-refractivity contribution in [2.45, 2.75) is 70.9 Å². The number of ketones is 1. The van der Waals surface area contributed by atoms with Crippen LogP contribution >= 0.6 is 11.6 Å². The van der Waals surface area contributed by atoms with Crippen molar-refractivity contribution in [3.63, 3.8) is 0 Å². The number of rotatable bonds is 6. The fourth-order valence-corrected chi connectivity index (χ4v) is 5.03. The fourth-order valence-electron chi connectivity index (χ4n) is 4.65.